The first kappa shape index (κ1) is 45.3. The molecule has 2 aliphatic heterocycles. The van der Waals surface area contributed by atoms with Gasteiger partial charge in [-0.25, -0.2) is 22.9 Å². The number of likely N-dealkylation sites (tertiary alicyclic amines) is 2. The maximum absolute atomic E-state index is 15.3. The Morgan fingerprint density at radius 3 is 2.19 bits per heavy atom. The normalized spacial score (nSPS) is 21.5. The van der Waals surface area contributed by atoms with E-state index in [1.54, 1.807) is 58.2 Å². The highest BCUT2D eigenvalue weighted by Crippen LogP contribution is 2.45. The minimum Gasteiger partial charge on any atom is -0.497 e. The van der Waals surface area contributed by atoms with E-state index in [1.807, 2.05) is 30.3 Å². The summed E-state index contributed by atoms with van der Waals surface area (Å²) in [6, 6.07) is 22.7. The maximum atomic E-state index is 15.3. The molecule has 17 heteroatoms. The highest BCUT2D eigenvalue weighted by molar-refractivity contribution is 7.90. The van der Waals surface area contributed by atoms with Crippen molar-refractivity contribution in [2.45, 2.75) is 80.2 Å². The van der Waals surface area contributed by atoms with Crippen molar-refractivity contribution in [3.8, 4) is 22.8 Å². The van der Waals surface area contributed by atoms with E-state index in [0.717, 1.165) is 5.56 Å². The van der Waals surface area contributed by atoms with Crippen LogP contribution in [0.15, 0.2) is 115 Å². The number of amides is 5. The van der Waals surface area contributed by atoms with Crippen molar-refractivity contribution < 1.29 is 46.6 Å². The molecule has 5 amide bonds. The summed E-state index contributed by atoms with van der Waals surface area (Å²) in [5.74, 6) is -2.35. The molecule has 336 valence electrons. The lowest BCUT2D eigenvalue weighted by Gasteiger charge is -2.43. The number of piperidine rings is 1. The van der Waals surface area contributed by atoms with Gasteiger partial charge in [0.15, 0.2) is 0 Å². The van der Waals surface area contributed by atoms with Crippen molar-refractivity contribution in [2.75, 3.05) is 26.7 Å². The van der Waals surface area contributed by atoms with Crippen LogP contribution in [0.4, 0.5) is 4.79 Å². The van der Waals surface area contributed by atoms with E-state index in [1.165, 1.54) is 46.2 Å². The van der Waals surface area contributed by atoms with Crippen LogP contribution in [-0.2, 0) is 33.9 Å². The van der Waals surface area contributed by atoms with E-state index >= 15 is 4.79 Å². The lowest BCUT2D eigenvalue weighted by atomic mass is 9.85. The molecule has 2 saturated heterocycles. The van der Waals surface area contributed by atoms with Gasteiger partial charge in [0.1, 0.15) is 40.3 Å². The topological polar surface area (TPSA) is 203 Å². The van der Waals surface area contributed by atoms with Crippen LogP contribution in [0.1, 0.15) is 46.5 Å². The fraction of sp³-hybridized carbons (Fsp3) is 0.362. The SMILES string of the molecule is C=CC(=O)N1CCC(NC(=O)OC(C)(C)C)(C(=O)N2CC(Oc3cc(-c4ccccc4)nc4cc(OC)ccc34)CC2C(=O)NC2(C(=O)NS(=O)(=O)c3ccccc3)CC2C=C)CC1. The summed E-state index contributed by atoms with van der Waals surface area (Å²) in [4.78, 5) is 77.8. The molecule has 3 heterocycles. The number of hydrogen-bond donors (Lipinski definition) is 3. The molecule has 16 nitrogen and oxygen atoms in total. The third-order valence-corrected chi connectivity index (χ3v) is 13.1. The van der Waals surface area contributed by atoms with E-state index in [9.17, 15) is 27.6 Å². The predicted octanol–water partition coefficient (Wildman–Crippen LogP) is 4.90. The van der Waals surface area contributed by atoms with Crippen LogP contribution in [0.5, 0.6) is 11.5 Å². The summed E-state index contributed by atoms with van der Waals surface area (Å²) in [5, 5.41) is 6.25. The Labute approximate surface area is 372 Å². The van der Waals surface area contributed by atoms with E-state index in [0.29, 0.717) is 28.1 Å². The number of ether oxygens (including phenoxy) is 3. The average molecular weight is 893 g/mol. The van der Waals surface area contributed by atoms with Gasteiger partial charge in [0.25, 0.3) is 15.9 Å². The van der Waals surface area contributed by atoms with Gasteiger partial charge in [0, 0.05) is 48.5 Å². The number of benzene rings is 3. The molecule has 4 atom stereocenters. The molecule has 0 radical (unpaired) electrons. The number of sulfonamides is 1. The quantitative estimate of drug-likeness (QED) is 0.122. The Balaban J connectivity index is 1.25. The van der Waals surface area contributed by atoms with Gasteiger partial charge in [-0.15, -0.1) is 6.58 Å². The van der Waals surface area contributed by atoms with Gasteiger partial charge in [0.2, 0.25) is 17.7 Å². The number of carbonyl (C=O) groups is 5. The summed E-state index contributed by atoms with van der Waals surface area (Å²) in [6.45, 7) is 12.5. The third kappa shape index (κ3) is 9.44. The van der Waals surface area contributed by atoms with Crippen molar-refractivity contribution in [1.82, 2.24) is 30.1 Å². The molecular weight excluding hydrogens is 841 g/mol. The molecule has 4 unspecified atom stereocenters. The van der Waals surface area contributed by atoms with Gasteiger partial charge in [-0.05, 0) is 70.4 Å². The highest BCUT2D eigenvalue weighted by atomic mass is 32.2. The largest absolute Gasteiger partial charge is 0.497 e. The van der Waals surface area contributed by atoms with Crippen molar-refractivity contribution >= 4 is 50.6 Å². The average Bonchev–Trinajstić information content (AvgIpc) is 3.84. The Bertz CT molecular complexity index is 2590. The van der Waals surface area contributed by atoms with Gasteiger partial charge in [-0.2, -0.15) is 0 Å². The summed E-state index contributed by atoms with van der Waals surface area (Å²) >= 11 is 0. The standard InChI is InChI=1S/C47H52N6O10S/c1-7-31-28-47(31,42(56)51-64(59,60)34-17-13-10-14-18-34)49-41(55)38-26-33(62-39-27-36(30-15-11-9-12-16-30)48-37-25-32(61-6)19-20-35(37)39)29-53(38)43(57)46(50-44(58)63-45(3,4)5)21-23-52(24-22-46)40(54)8-2/h7-20,25,27,31,33,38H,1-2,21-24,26,28-29H2,3-6H3,(H,49,55)(H,50,58)(H,51,56). The number of rotatable bonds is 13. The molecule has 3 aliphatic rings. The smallest absolute Gasteiger partial charge is 0.408 e. The Morgan fingerprint density at radius 1 is 0.906 bits per heavy atom. The Kier molecular flexibility index (Phi) is 12.6. The number of methoxy groups -OCH3 is 1. The van der Waals surface area contributed by atoms with Crippen LogP contribution in [0.25, 0.3) is 22.2 Å². The van der Waals surface area contributed by atoms with Gasteiger partial charge in [-0.1, -0.05) is 61.2 Å². The van der Waals surface area contributed by atoms with Crippen molar-refractivity contribution in [2.24, 2.45) is 5.92 Å². The summed E-state index contributed by atoms with van der Waals surface area (Å²) in [5.41, 5.74) is -2.29. The fourth-order valence-corrected chi connectivity index (χ4v) is 9.37. The highest BCUT2D eigenvalue weighted by Gasteiger charge is 2.62. The molecule has 7 rings (SSSR count). The zero-order valence-corrected chi connectivity index (χ0v) is 37.0. The Hall–Kier alpha value is -6.75. The van der Waals surface area contributed by atoms with Crippen molar-refractivity contribution in [3.05, 3.63) is 110 Å². The number of nitrogens with one attached hydrogen (secondary N) is 3. The second-order valence-electron chi connectivity index (χ2n) is 17.2. The molecule has 3 aromatic carbocycles. The number of fused-ring (bicyclic) bond motifs is 1. The zero-order valence-electron chi connectivity index (χ0n) is 36.2. The van der Waals surface area contributed by atoms with Crippen LogP contribution in [-0.4, -0.2) is 108 Å². The van der Waals surface area contributed by atoms with Crippen LogP contribution in [0.2, 0.25) is 0 Å². The second kappa shape index (κ2) is 17.8. The summed E-state index contributed by atoms with van der Waals surface area (Å²) < 4.78 is 46.6. The van der Waals surface area contributed by atoms with Crippen LogP contribution in [0, 0.1) is 5.92 Å². The molecule has 4 aromatic rings. The number of pyridine rings is 1. The first-order valence-electron chi connectivity index (χ1n) is 20.9. The summed E-state index contributed by atoms with van der Waals surface area (Å²) in [7, 11) is -2.78. The van der Waals surface area contributed by atoms with Gasteiger partial charge in [0.05, 0.1) is 29.8 Å². The molecule has 1 aromatic heterocycles. The van der Waals surface area contributed by atoms with Crippen LogP contribution >= 0.6 is 0 Å². The van der Waals surface area contributed by atoms with E-state index in [4.69, 9.17) is 19.2 Å². The molecule has 0 bridgehead atoms. The number of nitrogens with zero attached hydrogens (tertiary/aromatic N) is 3. The fourth-order valence-electron chi connectivity index (χ4n) is 8.31. The van der Waals surface area contributed by atoms with Crippen LogP contribution < -0.4 is 24.8 Å². The second-order valence-corrected chi connectivity index (χ2v) is 18.9. The Morgan fingerprint density at radius 2 is 1.58 bits per heavy atom. The van der Waals surface area contributed by atoms with E-state index < -0.39 is 68.6 Å². The third-order valence-electron chi connectivity index (χ3n) is 11.8. The molecule has 64 heavy (non-hydrogen) atoms. The minimum atomic E-state index is -4.33. The zero-order chi connectivity index (χ0) is 46.0. The lowest BCUT2D eigenvalue weighted by Crippen LogP contribution is -2.66. The number of aromatic nitrogens is 1. The number of carbonyl (C=O) groups excluding carboxylic acids is 5. The molecular formula is C47H52N6O10S. The van der Waals surface area contributed by atoms with Gasteiger partial charge < -0.3 is 34.6 Å². The van der Waals surface area contributed by atoms with Gasteiger partial charge >= 0.3 is 6.09 Å². The lowest BCUT2D eigenvalue weighted by molar-refractivity contribution is -0.147. The van der Waals surface area contributed by atoms with E-state index in [-0.39, 0.29) is 56.1 Å². The van der Waals surface area contributed by atoms with Crippen molar-refractivity contribution in [1.29, 1.82) is 0 Å². The molecule has 3 N–H and O–H groups in total. The predicted molar refractivity (Wildman–Crippen MR) is 237 cm³/mol. The van der Waals surface area contributed by atoms with Gasteiger partial charge in [-0.3, -0.25) is 19.2 Å². The minimum absolute atomic E-state index is 0.0273. The first-order valence-corrected chi connectivity index (χ1v) is 22.4. The summed E-state index contributed by atoms with van der Waals surface area (Å²) in [6.07, 6.45) is 0.866. The first-order chi connectivity index (χ1) is 30.4. The monoisotopic (exact) mass is 892 g/mol. The van der Waals surface area contributed by atoms with Crippen molar-refractivity contribution in [3.63, 3.8) is 0 Å². The van der Waals surface area contributed by atoms with Crippen LogP contribution in [0.3, 0.4) is 0 Å². The molecule has 0 spiro atoms. The molecule has 1 saturated carbocycles. The number of alkyl carbamates (subject to hydrolysis) is 1. The molecule has 1 aliphatic carbocycles. The maximum Gasteiger partial charge on any atom is 0.408 e. The number of hydrogen-bond acceptors (Lipinski definition) is 11. The van der Waals surface area contributed by atoms with E-state index in [2.05, 4.69) is 28.5 Å². The molecule has 3 fully saturated rings.